The van der Waals surface area contributed by atoms with Crippen LogP contribution in [0.3, 0.4) is 0 Å². The third-order valence-corrected chi connectivity index (χ3v) is 6.70. The number of rotatable bonds is 6. The molecule has 1 saturated carbocycles. The summed E-state index contributed by atoms with van der Waals surface area (Å²) in [5, 5.41) is 6.72. The minimum atomic E-state index is -0.440. The highest BCUT2D eigenvalue weighted by molar-refractivity contribution is 5.95. The van der Waals surface area contributed by atoms with Gasteiger partial charge in [-0.05, 0) is 37.0 Å². The SMILES string of the molecule is O=C(NC1(CC(=O)N2CCNCC2Cc2ccccc2)CCCCC1)c1ccccc1. The van der Waals surface area contributed by atoms with E-state index in [4.69, 9.17) is 0 Å². The first-order valence-electron chi connectivity index (χ1n) is 11.6. The van der Waals surface area contributed by atoms with E-state index in [1.165, 1.54) is 12.0 Å². The van der Waals surface area contributed by atoms with Crippen molar-refractivity contribution >= 4 is 11.8 Å². The molecular formula is C26H33N3O2. The van der Waals surface area contributed by atoms with Crippen LogP contribution >= 0.6 is 0 Å². The Morgan fingerprint density at radius 2 is 1.65 bits per heavy atom. The molecule has 31 heavy (non-hydrogen) atoms. The predicted molar refractivity (Wildman–Crippen MR) is 123 cm³/mol. The van der Waals surface area contributed by atoms with Crippen molar-refractivity contribution in [3.8, 4) is 0 Å². The van der Waals surface area contributed by atoms with Crippen molar-refractivity contribution in [1.29, 1.82) is 0 Å². The Morgan fingerprint density at radius 3 is 2.35 bits per heavy atom. The lowest BCUT2D eigenvalue weighted by atomic mass is 9.78. The number of nitrogens with zero attached hydrogens (tertiary/aromatic N) is 1. The van der Waals surface area contributed by atoms with Crippen molar-refractivity contribution in [3.63, 3.8) is 0 Å². The van der Waals surface area contributed by atoms with E-state index < -0.39 is 5.54 Å². The van der Waals surface area contributed by atoms with Gasteiger partial charge in [0.15, 0.2) is 0 Å². The predicted octanol–water partition coefficient (Wildman–Crippen LogP) is 3.55. The highest BCUT2D eigenvalue weighted by Gasteiger charge is 2.38. The van der Waals surface area contributed by atoms with Crippen molar-refractivity contribution in [2.24, 2.45) is 0 Å². The molecule has 2 aromatic rings. The molecule has 2 N–H and O–H groups in total. The van der Waals surface area contributed by atoms with Gasteiger partial charge in [0, 0.05) is 43.2 Å². The van der Waals surface area contributed by atoms with Crippen LogP contribution in [0.1, 0.15) is 54.4 Å². The van der Waals surface area contributed by atoms with E-state index in [9.17, 15) is 9.59 Å². The molecule has 4 rings (SSSR count). The summed E-state index contributed by atoms with van der Waals surface area (Å²) in [5.41, 5.74) is 1.47. The summed E-state index contributed by atoms with van der Waals surface area (Å²) >= 11 is 0. The molecule has 2 aromatic carbocycles. The van der Waals surface area contributed by atoms with E-state index in [0.717, 1.165) is 51.7 Å². The summed E-state index contributed by atoms with van der Waals surface area (Å²) in [7, 11) is 0. The molecule has 1 aliphatic heterocycles. The minimum absolute atomic E-state index is 0.0727. The van der Waals surface area contributed by atoms with Crippen LogP contribution in [0.15, 0.2) is 60.7 Å². The maximum absolute atomic E-state index is 13.5. The minimum Gasteiger partial charge on any atom is -0.346 e. The smallest absolute Gasteiger partial charge is 0.251 e. The molecule has 1 saturated heterocycles. The third-order valence-electron chi connectivity index (χ3n) is 6.70. The lowest BCUT2D eigenvalue weighted by Crippen LogP contribution is -2.58. The van der Waals surface area contributed by atoms with E-state index in [-0.39, 0.29) is 17.9 Å². The summed E-state index contributed by atoms with van der Waals surface area (Å²) in [4.78, 5) is 28.5. The first-order chi connectivity index (χ1) is 15.2. The summed E-state index contributed by atoms with van der Waals surface area (Å²) in [6, 6.07) is 19.8. The van der Waals surface area contributed by atoms with Gasteiger partial charge in [-0.15, -0.1) is 0 Å². The van der Waals surface area contributed by atoms with Gasteiger partial charge >= 0.3 is 0 Å². The first kappa shape index (κ1) is 21.6. The van der Waals surface area contributed by atoms with Crippen LogP contribution in [-0.2, 0) is 11.2 Å². The highest BCUT2D eigenvalue weighted by Crippen LogP contribution is 2.32. The molecule has 1 unspecified atom stereocenters. The zero-order valence-electron chi connectivity index (χ0n) is 18.2. The lowest BCUT2D eigenvalue weighted by Gasteiger charge is -2.42. The Labute approximate surface area is 185 Å². The van der Waals surface area contributed by atoms with Gasteiger partial charge in [0.05, 0.1) is 0 Å². The fourth-order valence-corrected chi connectivity index (χ4v) is 5.03. The number of nitrogens with one attached hydrogen (secondary N) is 2. The van der Waals surface area contributed by atoms with Crippen LogP contribution in [0.2, 0.25) is 0 Å². The molecule has 0 radical (unpaired) electrons. The molecule has 0 spiro atoms. The van der Waals surface area contributed by atoms with Gasteiger partial charge in [-0.1, -0.05) is 67.8 Å². The van der Waals surface area contributed by atoms with Gasteiger partial charge in [-0.2, -0.15) is 0 Å². The highest BCUT2D eigenvalue weighted by atomic mass is 16.2. The molecule has 5 nitrogen and oxygen atoms in total. The van der Waals surface area contributed by atoms with Crippen molar-refractivity contribution in [3.05, 3.63) is 71.8 Å². The molecule has 164 valence electrons. The Kier molecular flexibility index (Phi) is 7.03. The molecule has 1 atom stereocenters. The van der Waals surface area contributed by atoms with Crippen molar-refractivity contribution in [2.75, 3.05) is 19.6 Å². The molecule has 0 bridgehead atoms. The molecule has 2 aliphatic rings. The number of amides is 2. The number of benzene rings is 2. The zero-order valence-corrected chi connectivity index (χ0v) is 18.2. The number of hydrogen-bond acceptors (Lipinski definition) is 3. The normalized spacial score (nSPS) is 20.8. The van der Waals surface area contributed by atoms with Crippen LogP contribution in [0.4, 0.5) is 0 Å². The van der Waals surface area contributed by atoms with Gasteiger partial charge in [0.25, 0.3) is 5.91 Å². The van der Waals surface area contributed by atoms with E-state index >= 15 is 0 Å². The van der Waals surface area contributed by atoms with Crippen LogP contribution in [0, 0.1) is 0 Å². The maximum atomic E-state index is 13.5. The number of carbonyl (C=O) groups excluding carboxylic acids is 2. The maximum Gasteiger partial charge on any atom is 0.251 e. The number of carbonyl (C=O) groups is 2. The fraction of sp³-hybridized carbons (Fsp3) is 0.462. The molecule has 5 heteroatoms. The van der Waals surface area contributed by atoms with E-state index in [0.29, 0.717) is 12.0 Å². The largest absolute Gasteiger partial charge is 0.346 e. The zero-order chi connectivity index (χ0) is 21.5. The van der Waals surface area contributed by atoms with E-state index in [1.54, 1.807) is 0 Å². The first-order valence-corrected chi connectivity index (χ1v) is 11.6. The average Bonchev–Trinajstić information content (AvgIpc) is 2.81. The fourth-order valence-electron chi connectivity index (χ4n) is 5.03. The van der Waals surface area contributed by atoms with Crippen LogP contribution in [0.25, 0.3) is 0 Å². The van der Waals surface area contributed by atoms with Crippen molar-refractivity contribution in [1.82, 2.24) is 15.5 Å². The van der Waals surface area contributed by atoms with Gasteiger partial charge in [0.1, 0.15) is 0 Å². The van der Waals surface area contributed by atoms with Gasteiger partial charge < -0.3 is 15.5 Å². The summed E-state index contributed by atoms with van der Waals surface area (Å²) in [6.07, 6.45) is 6.25. The van der Waals surface area contributed by atoms with Crippen LogP contribution in [0.5, 0.6) is 0 Å². The van der Waals surface area contributed by atoms with Crippen molar-refractivity contribution < 1.29 is 9.59 Å². The second-order valence-electron chi connectivity index (χ2n) is 8.97. The second kappa shape index (κ2) is 10.1. The van der Waals surface area contributed by atoms with E-state index in [1.807, 2.05) is 48.5 Å². The summed E-state index contributed by atoms with van der Waals surface area (Å²) in [6.45, 7) is 2.35. The van der Waals surface area contributed by atoms with Gasteiger partial charge in [-0.3, -0.25) is 9.59 Å². The molecule has 2 fully saturated rings. The Bertz CT molecular complexity index is 863. The second-order valence-corrected chi connectivity index (χ2v) is 8.97. The van der Waals surface area contributed by atoms with Crippen LogP contribution < -0.4 is 10.6 Å². The monoisotopic (exact) mass is 419 g/mol. The molecule has 0 aromatic heterocycles. The number of piperazine rings is 1. The summed E-state index contributed by atoms with van der Waals surface area (Å²) in [5.74, 6) is 0.0918. The molecule has 1 heterocycles. The van der Waals surface area contributed by atoms with Gasteiger partial charge in [-0.25, -0.2) is 0 Å². The summed E-state index contributed by atoms with van der Waals surface area (Å²) < 4.78 is 0. The standard InChI is InChI=1S/C26H33N3O2/c30-24(29-17-16-27-20-23(29)18-21-10-4-1-5-11-21)19-26(14-8-3-9-15-26)28-25(31)22-12-6-2-7-13-22/h1-2,4-7,10-13,23,27H,3,8-9,14-20H2,(H,28,31). The van der Waals surface area contributed by atoms with Crippen LogP contribution in [-0.4, -0.2) is 47.9 Å². The third kappa shape index (κ3) is 5.53. The quantitative estimate of drug-likeness (QED) is 0.753. The molecular weight excluding hydrogens is 386 g/mol. The molecule has 1 aliphatic carbocycles. The Morgan fingerprint density at radius 1 is 0.968 bits per heavy atom. The van der Waals surface area contributed by atoms with Crippen molar-refractivity contribution in [2.45, 2.75) is 56.5 Å². The lowest BCUT2D eigenvalue weighted by molar-refractivity contribution is -0.136. The topological polar surface area (TPSA) is 61.4 Å². The number of hydrogen-bond donors (Lipinski definition) is 2. The molecule has 2 amide bonds. The Hall–Kier alpha value is -2.66. The van der Waals surface area contributed by atoms with Gasteiger partial charge in [0.2, 0.25) is 5.91 Å². The van der Waals surface area contributed by atoms with E-state index in [2.05, 4.69) is 27.7 Å². The average molecular weight is 420 g/mol. The Balaban J connectivity index is 1.47.